The molecule has 1 aromatic rings. The summed E-state index contributed by atoms with van der Waals surface area (Å²) in [5, 5.41) is 0.519. The Bertz CT molecular complexity index is 308. The minimum Gasteiger partial charge on any atom is -0.292 e. The summed E-state index contributed by atoms with van der Waals surface area (Å²) in [6.07, 6.45) is 4.58. The molecule has 0 atom stereocenters. The van der Waals surface area contributed by atoms with Crippen LogP contribution in [0.4, 0.5) is 0 Å². The number of hydrogen-bond acceptors (Lipinski definition) is 2. The molecule has 0 spiro atoms. The Kier molecular flexibility index (Phi) is 3.90. The summed E-state index contributed by atoms with van der Waals surface area (Å²) in [5.74, 6) is 0. The van der Waals surface area contributed by atoms with Gasteiger partial charge in [-0.05, 0) is 25.0 Å². The van der Waals surface area contributed by atoms with Crippen LogP contribution in [0.15, 0.2) is 17.3 Å². The molecule has 1 heterocycles. The van der Waals surface area contributed by atoms with Gasteiger partial charge in [-0.15, -0.1) is 0 Å². The first kappa shape index (κ1) is 10.2. The van der Waals surface area contributed by atoms with Crippen molar-refractivity contribution < 1.29 is 0 Å². The number of aryl methyl sites for hydroxylation is 1. The topological polar surface area (TPSA) is 25.2 Å². The van der Waals surface area contributed by atoms with Gasteiger partial charge in [0.1, 0.15) is 5.15 Å². The molecule has 0 saturated carbocycles. The van der Waals surface area contributed by atoms with Crippen molar-refractivity contribution in [3.8, 4) is 0 Å². The van der Waals surface area contributed by atoms with Crippen LogP contribution < -0.4 is 0 Å². The van der Waals surface area contributed by atoms with Gasteiger partial charge < -0.3 is 0 Å². The van der Waals surface area contributed by atoms with Gasteiger partial charge in [0, 0.05) is 24.5 Å². The highest BCUT2D eigenvalue weighted by molar-refractivity contribution is 6.31. The molecule has 3 heteroatoms. The second kappa shape index (κ2) is 4.97. The Morgan fingerprint density at radius 1 is 1.62 bits per heavy atom. The van der Waals surface area contributed by atoms with Gasteiger partial charge >= 0.3 is 0 Å². The molecule has 0 amide bonds. The summed E-state index contributed by atoms with van der Waals surface area (Å²) in [4.78, 5) is 8.24. The standard InChI is InChI=1S/C10H13ClN2/c1-3-4-12-7-9-5-8(2)6-13-10(9)11/h5-7H,3-4H2,1-2H3. The van der Waals surface area contributed by atoms with Gasteiger partial charge in [0.15, 0.2) is 0 Å². The molecule has 0 aromatic carbocycles. The van der Waals surface area contributed by atoms with E-state index in [9.17, 15) is 0 Å². The monoisotopic (exact) mass is 196 g/mol. The zero-order valence-electron chi connectivity index (χ0n) is 7.92. The van der Waals surface area contributed by atoms with Crippen LogP contribution in [0, 0.1) is 6.92 Å². The van der Waals surface area contributed by atoms with Crippen molar-refractivity contribution in [2.45, 2.75) is 20.3 Å². The lowest BCUT2D eigenvalue weighted by atomic mass is 10.2. The second-order valence-electron chi connectivity index (χ2n) is 2.93. The number of rotatable bonds is 3. The number of halogens is 1. The van der Waals surface area contributed by atoms with Gasteiger partial charge in [0.2, 0.25) is 0 Å². The van der Waals surface area contributed by atoms with Crippen molar-refractivity contribution in [3.05, 3.63) is 28.5 Å². The SMILES string of the molecule is CCCN=Cc1cc(C)cnc1Cl. The molecular weight excluding hydrogens is 184 g/mol. The summed E-state index contributed by atoms with van der Waals surface area (Å²) >= 11 is 5.87. The molecule has 13 heavy (non-hydrogen) atoms. The molecule has 0 aliphatic rings. The van der Waals surface area contributed by atoms with Gasteiger partial charge in [0.05, 0.1) is 0 Å². The highest BCUT2D eigenvalue weighted by atomic mass is 35.5. The van der Waals surface area contributed by atoms with E-state index in [2.05, 4.69) is 16.9 Å². The normalized spacial score (nSPS) is 11.0. The number of aromatic nitrogens is 1. The molecule has 0 saturated heterocycles. The highest BCUT2D eigenvalue weighted by Crippen LogP contribution is 2.11. The quantitative estimate of drug-likeness (QED) is 0.539. The third-order valence-corrected chi connectivity index (χ3v) is 1.90. The smallest absolute Gasteiger partial charge is 0.137 e. The maximum atomic E-state index is 5.87. The summed E-state index contributed by atoms with van der Waals surface area (Å²) in [6, 6.07) is 1.98. The lowest BCUT2D eigenvalue weighted by molar-refractivity contribution is 0.937. The fraction of sp³-hybridized carbons (Fsp3) is 0.400. The lowest BCUT2D eigenvalue weighted by Gasteiger charge is -1.97. The predicted octanol–water partition coefficient (Wildman–Crippen LogP) is 2.87. The average molecular weight is 197 g/mol. The predicted molar refractivity (Wildman–Crippen MR) is 56.7 cm³/mol. The molecule has 70 valence electrons. The molecule has 0 bridgehead atoms. The Morgan fingerprint density at radius 3 is 3.08 bits per heavy atom. The number of pyridine rings is 1. The molecule has 0 aliphatic carbocycles. The molecule has 0 N–H and O–H groups in total. The van der Waals surface area contributed by atoms with Gasteiger partial charge in [-0.2, -0.15) is 0 Å². The maximum absolute atomic E-state index is 5.87. The van der Waals surface area contributed by atoms with Crippen LogP contribution in [0.3, 0.4) is 0 Å². The fourth-order valence-corrected chi connectivity index (χ4v) is 1.11. The minimum absolute atomic E-state index is 0.519. The molecule has 0 radical (unpaired) electrons. The summed E-state index contributed by atoms with van der Waals surface area (Å²) in [5.41, 5.74) is 2.00. The van der Waals surface area contributed by atoms with E-state index >= 15 is 0 Å². The van der Waals surface area contributed by atoms with Crippen LogP contribution in [0.25, 0.3) is 0 Å². The van der Waals surface area contributed by atoms with Gasteiger partial charge in [0.25, 0.3) is 0 Å². The van der Waals surface area contributed by atoms with Gasteiger partial charge in [-0.3, -0.25) is 4.99 Å². The molecule has 1 rings (SSSR count). The van der Waals surface area contributed by atoms with Crippen molar-refractivity contribution in [3.63, 3.8) is 0 Å². The third-order valence-electron chi connectivity index (χ3n) is 1.59. The number of nitrogens with zero attached hydrogens (tertiary/aromatic N) is 2. The van der Waals surface area contributed by atoms with E-state index in [1.165, 1.54) is 0 Å². The summed E-state index contributed by atoms with van der Waals surface area (Å²) in [7, 11) is 0. The Labute approximate surface area is 83.7 Å². The average Bonchev–Trinajstić information content (AvgIpc) is 2.11. The molecule has 0 aliphatic heterocycles. The third kappa shape index (κ3) is 3.15. The Balaban J connectivity index is 2.81. The van der Waals surface area contributed by atoms with E-state index in [-0.39, 0.29) is 0 Å². The van der Waals surface area contributed by atoms with Crippen molar-refractivity contribution in [2.24, 2.45) is 4.99 Å². The van der Waals surface area contributed by atoms with Crippen LogP contribution >= 0.6 is 11.6 Å². The molecule has 1 aromatic heterocycles. The van der Waals surface area contributed by atoms with Crippen LogP contribution in [0.1, 0.15) is 24.5 Å². The molecule has 0 fully saturated rings. The number of aliphatic imine (C=N–C) groups is 1. The first-order chi connectivity index (χ1) is 6.24. The van der Waals surface area contributed by atoms with E-state index in [0.717, 1.165) is 24.1 Å². The minimum atomic E-state index is 0.519. The number of hydrogen-bond donors (Lipinski definition) is 0. The molecule has 2 nitrogen and oxygen atoms in total. The van der Waals surface area contributed by atoms with E-state index in [4.69, 9.17) is 11.6 Å². The van der Waals surface area contributed by atoms with E-state index in [1.807, 2.05) is 13.0 Å². The Morgan fingerprint density at radius 2 is 2.38 bits per heavy atom. The summed E-state index contributed by atoms with van der Waals surface area (Å²) < 4.78 is 0. The highest BCUT2D eigenvalue weighted by Gasteiger charge is 1.97. The van der Waals surface area contributed by atoms with Crippen LogP contribution in [-0.2, 0) is 0 Å². The molecular formula is C10H13ClN2. The largest absolute Gasteiger partial charge is 0.292 e. The zero-order chi connectivity index (χ0) is 9.68. The van der Waals surface area contributed by atoms with Crippen LogP contribution in [-0.4, -0.2) is 17.7 Å². The van der Waals surface area contributed by atoms with E-state index in [1.54, 1.807) is 12.4 Å². The summed E-state index contributed by atoms with van der Waals surface area (Å²) in [6.45, 7) is 4.91. The van der Waals surface area contributed by atoms with E-state index in [0.29, 0.717) is 5.15 Å². The van der Waals surface area contributed by atoms with E-state index < -0.39 is 0 Å². The van der Waals surface area contributed by atoms with Crippen LogP contribution in [0.2, 0.25) is 5.15 Å². The molecule has 0 unspecified atom stereocenters. The first-order valence-corrected chi connectivity index (χ1v) is 4.73. The van der Waals surface area contributed by atoms with Crippen molar-refractivity contribution in [1.82, 2.24) is 4.98 Å². The van der Waals surface area contributed by atoms with Crippen molar-refractivity contribution >= 4 is 17.8 Å². The van der Waals surface area contributed by atoms with Crippen molar-refractivity contribution in [1.29, 1.82) is 0 Å². The zero-order valence-corrected chi connectivity index (χ0v) is 8.67. The van der Waals surface area contributed by atoms with Gasteiger partial charge in [-0.1, -0.05) is 18.5 Å². The first-order valence-electron chi connectivity index (χ1n) is 4.36. The van der Waals surface area contributed by atoms with Crippen LogP contribution in [0.5, 0.6) is 0 Å². The maximum Gasteiger partial charge on any atom is 0.137 e. The Hall–Kier alpha value is -0.890. The fourth-order valence-electron chi connectivity index (χ4n) is 0.958. The van der Waals surface area contributed by atoms with Gasteiger partial charge in [-0.25, -0.2) is 4.98 Å². The van der Waals surface area contributed by atoms with Crippen molar-refractivity contribution in [2.75, 3.05) is 6.54 Å². The second-order valence-corrected chi connectivity index (χ2v) is 3.29. The lowest BCUT2D eigenvalue weighted by Crippen LogP contribution is -1.89.